The topological polar surface area (TPSA) is 17.8 Å². The molecule has 0 saturated carbocycles. The van der Waals surface area contributed by atoms with Gasteiger partial charge in [-0.05, 0) is 24.3 Å². The molecule has 13 heavy (non-hydrogen) atoms. The summed E-state index contributed by atoms with van der Waals surface area (Å²) in [5.41, 5.74) is 0.452. The van der Waals surface area contributed by atoms with Crippen molar-refractivity contribution < 1.29 is 4.39 Å². The minimum absolute atomic E-state index is 0.293. The van der Waals surface area contributed by atoms with Gasteiger partial charge in [-0.3, -0.25) is 0 Å². The van der Waals surface area contributed by atoms with E-state index in [-0.39, 0.29) is 5.82 Å². The van der Waals surface area contributed by atoms with Gasteiger partial charge in [0.1, 0.15) is 11.5 Å². The van der Waals surface area contributed by atoms with E-state index in [1.54, 1.807) is 30.6 Å². The summed E-state index contributed by atoms with van der Waals surface area (Å²) in [6.45, 7) is 0. The zero-order chi connectivity index (χ0) is 9.26. The summed E-state index contributed by atoms with van der Waals surface area (Å²) in [6, 6.07) is 6.62. The molecule has 0 atom stereocenters. The van der Waals surface area contributed by atoms with Gasteiger partial charge in [-0.25, -0.2) is 9.07 Å². The lowest BCUT2D eigenvalue weighted by Crippen LogP contribution is -1.97. The molecule has 0 spiro atoms. The smallest absolute Gasteiger partial charge is 0.149 e. The first-order valence-corrected chi connectivity index (χ1v) is 4.52. The van der Waals surface area contributed by atoms with Gasteiger partial charge in [0, 0.05) is 16.9 Å². The zero-order valence-electron chi connectivity index (χ0n) is 6.61. The monoisotopic (exact) mass is 240 g/mol. The van der Waals surface area contributed by atoms with E-state index in [4.69, 9.17) is 0 Å². The van der Waals surface area contributed by atoms with Crippen LogP contribution < -0.4 is 0 Å². The summed E-state index contributed by atoms with van der Waals surface area (Å²) in [4.78, 5) is 0. The van der Waals surface area contributed by atoms with Crippen LogP contribution in [0.4, 0.5) is 4.39 Å². The molecule has 0 radical (unpaired) electrons. The lowest BCUT2D eigenvalue weighted by molar-refractivity contribution is 0.610. The maximum absolute atomic E-state index is 13.3. The Hall–Kier alpha value is -1.16. The second-order valence-corrected chi connectivity index (χ2v) is 3.46. The number of nitrogens with zero attached hydrogens (tertiary/aromatic N) is 2. The Labute approximate surface area is 83.1 Å². The van der Waals surface area contributed by atoms with Gasteiger partial charge in [-0.15, -0.1) is 0 Å². The Morgan fingerprint density at radius 2 is 2.23 bits per heavy atom. The predicted molar refractivity (Wildman–Crippen MR) is 51.2 cm³/mol. The molecule has 0 saturated heterocycles. The third kappa shape index (κ3) is 1.62. The van der Waals surface area contributed by atoms with Crippen LogP contribution in [0.2, 0.25) is 0 Å². The van der Waals surface area contributed by atoms with Gasteiger partial charge < -0.3 is 0 Å². The van der Waals surface area contributed by atoms with Crippen LogP contribution in [0.3, 0.4) is 0 Å². The first-order valence-electron chi connectivity index (χ1n) is 3.72. The quantitative estimate of drug-likeness (QED) is 0.750. The molecule has 0 N–H and O–H groups in total. The molecule has 2 rings (SSSR count). The lowest BCUT2D eigenvalue weighted by Gasteiger charge is -2.02. The number of rotatable bonds is 1. The van der Waals surface area contributed by atoms with Crippen molar-refractivity contribution in [1.29, 1.82) is 0 Å². The molecule has 4 heteroatoms. The normalized spacial score (nSPS) is 10.3. The maximum Gasteiger partial charge on any atom is 0.149 e. The van der Waals surface area contributed by atoms with Crippen molar-refractivity contribution in [1.82, 2.24) is 9.78 Å². The summed E-state index contributed by atoms with van der Waals surface area (Å²) >= 11 is 3.19. The summed E-state index contributed by atoms with van der Waals surface area (Å²) in [7, 11) is 0. The zero-order valence-corrected chi connectivity index (χ0v) is 8.20. The number of aromatic nitrogens is 2. The van der Waals surface area contributed by atoms with E-state index in [9.17, 15) is 4.39 Å². The average molecular weight is 241 g/mol. The van der Waals surface area contributed by atoms with E-state index in [1.807, 2.05) is 0 Å². The van der Waals surface area contributed by atoms with Gasteiger partial charge in [0.15, 0.2) is 0 Å². The summed E-state index contributed by atoms with van der Waals surface area (Å²) in [5, 5.41) is 3.94. The highest BCUT2D eigenvalue weighted by Gasteiger charge is 2.03. The number of hydrogen-bond acceptors (Lipinski definition) is 1. The molecule has 2 aromatic rings. The SMILES string of the molecule is Fc1cc(Br)ccc1-n1cccn1. The van der Waals surface area contributed by atoms with E-state index in [1.165, 1.54) is 10.7 Å². The second kappa shape index (κ2) is 3.30. The van der Waals surface area contributed by atoms with E-state index in [2.05, 4.69) is 21.0 Å². The molecule has 0 unspecified atom stereocenters. The molecule has 0 aliphatic heterocycles. The van der Waals surface area contributed by atoms with Crippen molar-refractivity contribution in [2.24, 2.45) is 0 Å². The summed E-state index contributed by atoms with van der Waals surface area (Å²) < 4.78 is 15.5. The Morgan fingerprint density at radius 3 is 2.85 bits per heavy atom. The van der Waals surface area contributed by atoms with Crippen LogP contribution in [0.1, 0.15) is 0 Å². The Balaban J connectivity index is 2.53. The molecule has 0 fully saturated rings. The first kappa shape index (κ1) is 8.44. The third-order valence-electron chi connectivity index (χ3n) is 1.66. The molecule has 0 aliphatic carbocycles. The Kier molecular flexibility index (Phi) is 2.14. The number of halogens is 2. The Bertz CT molecular complexity index is 412. The lowest BCUT2D eigenvalue weighted by atomic mass is 10.3. The molecule has 66 valence electrons. The van der Waals surface area contributed by atoms with Crippen molar-refractivity contribution in [3.8, 4) is 5.69 Å². The maximum atomic E-state index is 13.3. The van der Waals surface area contributed by atoms with E-state index in [0.29, 0.717) is 5.69 Å². The Morgan fingerprint density at radius 1 is 1.38 bits per heavy atom. The van der Waals surface area contributed by atoms with Crippen LogP contribution in [0, 0.1) is 5.82 Å². The molecule has 2 nitrogen and oxygen atoms in total. The average Bonchev–Trinajstić information content (AvgIpc) is 2.56. The molecule has 1 heterocycles. The highest BCUT2D eigenvalue weighted by atomic mass is 79.9. The van der Waals surface area contributed by atoms with Gasteiger partial charge in [0.2, 0.25) is 0 Å². The standard InChI is InChI=1S/C9H6BrFN2/c10-7-2-3-9(8(11)6-7)13-5-1-4-12-13/h1-6H. The van der Waals surface area contributed by atoms with Crippen LogP contribution in [-0.4, -0.2) is 9.78 Å². The number of hydrogen-bond donors (Lipinski definition) is 0. The van der Waals surface area contributed by atoms with Gasteiger partial charge in [-0.1, -0.05) is 15.9 Å². The van der Waals surface area contributed by atoms with Crippen molar-refractivity contribution in [3.05, 3.63) is 46.9 Å². The van der Waals surface area contributed by atoms with E-state index in [0.717, 1.165) is 4.47 Å². The largest absolute Gasteiger partial charge is 0.238 e. The summed E-state index contributed by atoms with van der Waals surface area (Å²) in [6.07, 6.45) is 3.31. The van der Waals surface area contributed by atoms with Crippen molar-refractivity contribution in [3.63, 3.8) is 0 Å². The number of benzene rings is 1. The molecule has 0 amide bonds. The van der Waals surface area contributed by atoms with Crippen molar-refractivity contribution in [2.45, 2.75) is 0 Å². The van der Waals surface area contributed by atoms with Crippen molar-refractivity contribution in [2.75, 3.05) is 0 Å². The second-order valence-electron chi connectivity index (χ2n) is 2.55. The van der Waals surface area contributed by atoms with Crippen LogP contribution in [0.5, 0.6) is 0 Å². The molecule has 1 aromatic carbocycles. The molecule has 0 aliphatic rings. The minimum Gasteiger partial charge on any atom is -0.238 e. The fourth-order valence-corrected chi connectivity index (χ4v) is 1.41. The fraction of sp³-hybridized carbons (Fsp3) is 0. The van der Waals surface area contributed by atoms with Gasteiger partial charge in [0.25, 0.3) is 0 Å². The van der Waals surface area contributed by atoms with Crippen LogP contribution in [-0.2, 0) is 0 Å². The molecular weight excluding hydrogens is 235 g/mol. The highest BCUT2D eigenvalue weighted by Crippen LogP contribution is 2.17. The minimum atomic E-state index is -0.293. The first-order chi connectivity index (χ1) is 6.27. The van der Waals surface area contributed by atoms with Gasteiger partial charge >= 0.3 is 0 Å². The van der Waals surface area contributed by atoms with E-state index < -0.39 is 0 Å². The van der Waals surface area contributed by atoms with Crippen LogP contribution in [0.25, 0.3) is 5.69 Å². The summed E-state index contributed by atoms with van der Waals surface area (Å²) in [5.74, 6) is -0.293. The van der Waals surface area contributed by atoms with Gasteiger partial charge in [-0.2, -0.15) is 5.10 Å². The van der Waals surface area contributed by atoms with E-state index >= 15 is 0 Å². The van der Waals surface area contributed by atoms with Gasteiger partial charge in [0.05, 0.1) is 0 Å². The molecular formula is C9H6BrFN2. The predicted octanol–water partition coefficient (Wildman–Crippen LogP) is 2.77. The molecule has 1 aromatic heterocycles. The fourth-order valence-electron chi connectivity index (χ4n) is 1.08. The van der Waals surface area contributed by atoms with Crippen LogP contribution in [0.15, 0.2) is 41.1 Å². The van der Waals surface area contributed by atoms with Crippen molar-refractivity contribution >= 4 is 15.9 Å². The highest BCUT2D eigenvalue weighted by molar-refractivity contribution is 9.10. The third-order valence-corrected chi connectivity index (χ3v) is 2.15. The molecule has 0 bridgehead atoms. The van der Waals surface area contributed by atoms with Crippen LogP contribution >= 0.6 is 15.9 Å².